The first-order chi connectivity index (χ1) is 9.72. The topological polar surface area (TPSA) is 71.5 Å². The maximum atomic E-state index is 11.8. The molecule has 1 unspecified atom stereocenters. The molecule has 0 bridgehead atoms. The molecule has 0 radical (unpaired) electrons. The van der Waals surface area contributed by atoms with Crippen molar-refractivity contribution in [3.8, 4) is 0 Å². The summed E-state index contributed by atoms with van der Waals surface area (Å²) in [6.45, 7) is 2.34. The number of rotatable bonds is 6. The Balaban J connectivity index is 2.04. The molecule has 2 aromatic rings. The number of hydrogen-bond acceptors (Lipinski definition) is 6. The predicted molar refractivity (Wildman–Crippen MR) is 78.0 cm³/mol. The van der Waals surface area contributed by atoms with Gasteiger partial charge in [0.15, 0.2) is 0 Å². The van der Waals surface area contributed by atoms with Crippen LogP contribution in [0.2, 0.25) is 0 Å². The first kappa shape index (κ1) is 14.5. The third kappa shape index (κ3) is 3.55. The van der Waals surface area contributed by atoms with Crippen LogP contribution in [0, 0.1) is 0 Å². The highest BCUT2D eigenvalue weighted by Crippen LogP contribution is 2.18. The molecule has 0 aliphatic heterocycles. The zero-order valence-corrected chi connectivity index (χ0v) is 11.9. The minimum absolute atomic E-state index is 0.278. The Labute approximate surface area is 121 Å². The number of aromatic nitrogens is 1. The Kier molecular flexibility index (Phi) is 5.09. The molecule has 6 heteroatoms. The van der Waals surface area contributed by atoms with Crippen LogP contribution in [0.15, 0.2) is 35.2 Å². The van der Waals surface area contributed by atoms with E-state index < -0.39 is 12.1 Å². The van der Waals surface area contributed by atoms with Gasteiger partial charge in [0.05, 0.1) is 12.7 Å². The SMILES string of the molecule is CCOC(=O)c1cccnc1NCC(O)c1ccsc1. The van der Waals surface area contributed by atoms with E-state index in [-0.39, 0.29) is 6.54 Å². The summed E-state index contributed by atoms with van der Waals surface area (Å²) in [4.78, 5) is 15.9. The molecule has 0 saturated carbocycles. The zero-order valence-electron chi connectivity index (χ0n) is 11.1. The van der Waals surface area contributed by atoms with Crippen molar-refractivity contribution in [2.75, 3.05) is 18.5 Å². The highest BCUT2D eigenvalue weighted by atomic mass is 32.1. The zero-order chi connectivity index (χ0) is 14.4. The molecule has 1 atom stereocenters. The predicted octanol–water partition coefficient (Wildman–Crippen LogP) is 2.47. The largest absolute Gasteiger partial charge is 0.462 e. The van der Waals surface area contributed by atoms with E-state index >= 15 is 0 Å². The highest BCUT2D eigenvalue weighted by Gasteiger charge is 2.14. The number of hydrogen-bond donors (Lipinski definition) is 2. The Morgan fingerprint density at radius 1 is 1.55 bits per heavy atom. The lowest BCUT2D eigenvalue weighted by Gasteiger charge is -2.13. The minimum Gasteiger partial charge on any atom is -0.462 e. The fraction of sp³-hybridized carbons (Fsp3) is 0.286. The van der Waals surface area contributed by atoms with E-state index in [1.54, 1.807) is 25.3 Å². The molecule has 2 N–H and O–H groups in total. The van der Waals surface area contributed by atoms with Crippen molar-refractivity contribution in [1.29, 1.82) is 0 Å². The van der Waals surface area contributed by atoms with Crippen molar-refractivity contribution in [3.63, 3.8) is 0 Å². The number of nitrogens with zero attached hydrogens (tertiary/aromatic N) is 1. The average Bonchev–Trinajstić information content (AvgIpc) is 2.99. The number of thiophene rings is 1. The van der Waals surface area contributed by atoms with Gasteiger partial charge in [-0.25, -0.2) is 9.78 Å². The second-order valence-corrected chi connectivity index (χ2v) is 4.85. The molecule has 20 heavy (non-hydrogen) atoms. The summed E-state index contributed by atoms with van der Waals surface area (Å²) >= 11 is 1.53. The molecule has 0 spiro atoms. The maximum absolute atomic E-state index is 11.8. The highest BCUT2D eigenvalue weighted by molar-refractivity contribution is 7.07. The smallest absolute Gasteiger partial charge is 0.341 e. The Hall–Kier alpha value is -1.92. The van der Waals surface area contributed by atoms with Crippen LogP contribution in [0.1, 0.15) is 28.9 Å². The molecule has 0 aromatic carbocycles. The number of ether oxygens (including phenoxy) is 1. The number of anilines is 1. The lowest BCUT2D eigenvalue weighted by atomic mass is 10.2. The Morgan fingerprint density at radius 2 is 2.40 bits per heavy atom. The molecular weight excluding hydrogens is 276 g/mol. The summed E-state index contributed by atoms with van der Waals surface area (Å²) in [7, 11) is 0. The fourth-order valence-corrected chi connectivity index (χ4v) is 2.40. The number of aliphatic hydroxyl groups is 1. The van der Waals surface area contributed by atoms with Gasteiger partial charge in [0.1, 0.15) is 11.4 Å². The standard InChI is InChI=1S/C14H16N2O3S/c1-2-19-14(18)11-4-3-6-15-13(11)16-8-12(17)10-5-7-20-9-10/h3-7,9,12,17H,2,8H2,1H3,(H,15,16). The summed E-state index contributed by atoms with van der Waals surface area (Å²) in [5.41, 5.74) is 1.21. The summed E-state index contributed by atoms with van der Waals surface area (Å²) in [6, 6.07) is 5.18. The molecule has 0 amide bonds. The van der Waals surface area contributed by atoms with E-state index in [9.17, 15) is 9.90 Å². The minimum atomic E-state index is -0.640. The number of aliphatic hydroxyl groups excluding tert-OH is 1. The number of pyridine rings is 1. The van der Waals surface area contributed by atoms with Crippen molar-refractivity contribution >= 4 is 23.1 Å². The van der Waals surface area contributed by atoms with E-state index in [0.717, 1.165) is 5.56 Å². The second-order valence-electron chi connectivity index (χ2n) is 4.07. The lowest BCUT2D eigenvalue weighted by Crippen LogP contribution is -2.16. The van der Waals surface area contributed by atoms with Gasteiger partial charge in [0, 0.05) is 12.7 Å². The normalized spacial score (nSPS) is 11.9. The molecule has 106 valence electrons. The van der Waals surface area contributed by atoms with Gasteiger partial charge in [-0.2, -0.15) is 11.3 Å². The molecule has 2 rings (SSSR count). The van der Waals surface area contributed by atoms with Crippen LogP contribution in [-0.4, -0.2) is 29.2 Å². The van der Waals surface area contributed by atoms with E-state index in [2.05, 4.69) is 10.3 Å². The Bertz CT molecular complexity index is 557. The van der Waals surface area contributed by atoms with Crippen molar-refractivity contribution < 1.29 is 14.6 Å². The van der Waals surface area contributed by atoms with Crippen LogP contribution in [-0.2, 0) is 4.74 Å². The van der Waals surface area contributed by atoms with Crippen LogP contribution in [0.4, 0.5) is 5.82 Å². The first-order valence-corrected chi connectivity index (χ1v) is 7.22. The maximum Gasteiger partial charge on any atom is 0.341 e. The summed E-state index contributed by atoms with van der Waals surface area (Å²) in [6.07, 6.45) is 0.945. The molecular formula is C14H16N2O3S. The molecule has 0 fully saturated rings. The van der Waals surface area contributed by atoms with E-state index in [1.807, 2.05) is 16.8 Å². The summed E-state index contributed by atoms with van der Waals surface area (Å²) < 4.78 is 4.97. The molecule has 5 nitrogen and oxygen atoms in total. The van der Waals surface area contributed by atoms with Crippen LogP contribution in [0.25, 0.3) is 0 Å². The van der Waals surface area contributed by atoms with Crippen LogP contribution in [0.5, 0.6) is 0 Å². The molecule has 2 aromatic heterocycles. The summed E-state index contributed by atoms with van der Waals surface area (Å²) in [5.74, 6) is -0.00615. The van der Waals surface area contributed by atoms with Gasteiger partial charge in [-0.05, 0) is 41.4 Å². The van der Waals surface area contributed by atoms with Gasteiger partial charge < -0.3 is 15.2 Å². The number of carbonyl (C=O) groups excluding carboxylic acids is 1. The van der Waals surface area contributed by atoms with Crippen molar-refractivity contribution in [2.45, 2.75) is 13.0 Å². The molecule has 0 saturated heterocycles. The second kappa shape index (κ2) is 7.02. The van der Waals surface area contributed by atoms with Gasteiger partial charge in [-0.3, -0.25) is 0 Å². The average molecular weight is 292 g/mol. The van der Waals surface area contributed by atoms with Crippen LogP contribution < -0.4 is 5.32 Å². The van der Waals surface area contributed by atoms with E-state index in [4.69, 9.17) is 4.74 Å². The van der Waals surface area contributed by atoms with Crippen LogP contribution >= 0.6 is 11.3 Å². The number of carbonyl (C=O) groups is 1. The van der Waals surface area contributed by atoms with Gasteiger partial charge in [-0.15, -0.1) is 0 Å². The van der Waals surface area contributed by atoms with Gasteiger partial charge >= 0.3 is 5.97 Å². The molecule has 2 heterocycles. The Morgan fingerprint density at radius 3 is 3.10 bits per heavy atom. The monoisotopic (exact) mass is 292 g/mol. The van der Waals surface area contributed by atoms with Crippen molar-refractivity contribution in [1.82, 2.24) is 4.98 Å². The molecule has 0 aliphatic rings. The quantitative estimate of drug-likeness (QED) is 0.800. The van der Waals surface area contributed by atoms with Gasteiger partial charge in [-0.1, -0.05) is 0 Å². The first-order valence-electron chi connectivity index (χ1n) is 6.28. The number of nitrogens with one attached hydrogen (secondary N) is 1. The van der Waals surface area contributed by atoms with E-state index in [0.29, 0.717) is 18.0 Å². The summed E-state index contributed by atoms with van der Waals surface area (Å²) in [5, 5.41) is 16.8. The third-order valence-electron chi connectivity index (χ3n) is 2.69. The van der Waals surface area contributed by atoms with Gasteiger partial charge in [0.25, 0.3) is 0 Å². The lowest BCUT2D eigenvalue weighted by molar-refractivity contribution is 0.0527. The van der Waals surface area contributed by atoms with Gasteiger partial charge in [0.2, 0.25) is 0 Å². The fourth-order valence-electron chi connectivity index (χ4n) is 1.70. The van der Waals surface area contributed by atoms with Crippen molar-refractivity contribution in [2.24, 2.45) is 0 Å². The van der Waals surface area contributed by atoms with E-state index in [1.165, 1.54) is 11.3 Å². The number of esters is 1. The van der Waals surface area contributed by atoms with Crippen molar-refractivity contribution in [3.05, 3.63) is 46.3 Å². The third-order valence-corrected chi connectivity index (χ3v) is 3.40. The van der Waals surface area contributed by atoms with Crippen LogP contribution in [0.3, 0.4) is 0 Å². The molecule has 0 aliphatic carbocycles.